The number of hydrogen-bond acceptors (Lipinski definition) is 4. The van der Waals surface area contributed by atoms with Crippen LogP contribution in [0.5, 0.6) is 5.75 Å². The number of halogens is 2. The lowest BCUT2D eigenvalue weighted by molar-refractivity contribution is 0.222. The van der Waals surface area contributed by atoms with Gasteiger partial charge in [0.15, 0.2) is 0 Å². The summed E-state index contributed by atoms with van der Waals surface area (Å²) in [5.41, 5.74) is 0.708. The summed E-state index contributed by atoms with van der Waals surface area (Å²) in [6.07, 6.45) is 1.32. The summed E-state index contributed by atoms with van der Waals surface area (Å²) >= 11 is 5.91. The van der Waals surface area contributed by atoms with Crippen molar-refractivity contribution in [1.82, 2.24) is 9.97 Å². The monoisotopic (exact) mass is 281 g/mol. The Morgan fingerprint density at radius 3 is 2.84 bits per heavy atom. The first kappa shape index (κ1) is 13.5. The van der Waals surface area contributed by atoms with Crippen molar-refractivity contribution in [3.8, 4) is 5.75 Å². The van der Waals surface area contributed by atoms with E-state index in [1.165, 1.54) is 18.2 Å². The molecule has 6 heteroatoms. The summed E-state index contributed by atoms with van der Waals surface area (Å²) in [6, 6.07) is 5.76. The summed E-state index contributed by atoms with van der Waals surface area (Å²) in [6.45, 7) is 1.83. The van der Waals surface area contributed by atoms with Crippen LogP contribution in [-0.2, 0) is 0 Å². The molecular weight excluding hydrogens is 269 g/mol. The van der Waals surface area contributed by atoms with Crippen molar-refractivity contribution in [1.29, 1.82) is 0 Å². The van der Waals surface area contributed by atoms with Crippen LogP contribution in [0.25, 0.3) is 0 Å². The van der Waals surface area contributed by atoms with Crippen LogP contribution in [-0.4, -0.2) is 17.0 Å². The second kappa shape index (κ2) is 5.84. The molecule has 1 N–H and O–H groups in total. The zero-order valence-corrected chi connectivity index (χ0v) is 11.3. The summed E-state index contributed by atoms with van der Waals surface area (Å²) < 4.78 is 18.6. The fraction of sp³-hybridized carbons (Fsp3) is 0.231. The molecule has 0 spiro atoms. The molecule has 0 aliphatic carbocycles. The Hall–Kier alpha value is -1.88. The highest BCUT2D eigenvalue weighted by molar-refractivity contribution is 6.32. The Morgan fingerprint density at radius 2 is 2.16 bits per heavy atom. The van der Waals surface area contributed by atoms with Crippen LogP contribution < -0.4 is 10.1 Å². The molecule has 0 fully saturated rings. The van der Waals surface area contributed by atoms with Crippen LogP contribution in [0.1, 0.15) is 18.7 Å². The van der Waals surface area contributed by atoms with E-state index in [2.05, 4.69) is 15.3 Å². The zero-order valence-electron chi connectivity index (χ0n) is 10.5. The molecule has 1 aromatic heterocycles. The van der Waals surface area contributed by atoms with E-state index in [1.807, 2.05) is 6.92 Å². The van der Waals surface area contributed by atoms with Crippen LogP contribution in [0, 0.1) is 5.82 Å². The largest absolute Gasteiger partial charge is 0.483 e. The highest BCUT2D eigenvalue weighted by Crippen LogP contribution is 2.29. The average Bonchev–Trinajstić information content (AvgIpc) is 2.42. The number of anilines is 1. The molecule has 4 nitrogen and oxygen atoms in total. The molecule has 19 heavy (non-hydrogen) atoms. The summed E-state index contributed by atoms with van der Waals surface area (Å²) in [4.78, 5) is 8.29. The fourth-order valence-electron chi connectivity index (χ4n) is 1.54. The van der Waals surface area contributed by atoms with Crippen molar-refractivity contribution in [2.45, 2.75) is 13.0 Å². The minimum absolute atomic E-state index is 0.231. The quantitative estimate of drug-likeness (QED) is 0.932. The van der Waals surface area contributed by atoms with E-state index >= 15 is 0 Å². The Bertz CT molecular complexity index is 580. The summed E-state index contributed by atoms with van der Waals surface area (Å²) in [7, 11) is 1.74. The summed E-state index contributed by atoms with van der Waals surface area (Å²) in [5, 5.41) is 3.08. The average molecular weight is 282 g/mol. The van der Waals surface area contributed by atoms with Crippen LogP contribution >= 0.6 is 11.6 Å². The lowest BCUT2D eigenvalue weighted by Crippen LogP contribution is -2.08. The van der Waals surface area contributed by atoms with Gasteiger partial charge in [0.1, 0.15) is 17.7 Å². The van der Waals surface area contributed by atoms with Crippen LogP contribution in [0.3, 0.4) is 0 Å². The van der Waals surface area contributed by atoms with E-state index in [0.717, 1.165) is 0 Å². The molecule has 1 atom stereocenters. The molecule has 0 aliphatic heterocycles. The number of ether oxygens (including phenoxy) is 1. The third kappa shape index (κ3) is 3.32. The molecule has 0 aliphatic rings. The molecule has 0 saturated carbocycles. The Balaban J connectivity index is 2.17. The van der Waals surface area contributed by atoms with Gasteiger partial charge < -0.3 is 10.1 Å². The van der Waals surface area contributed by atoms with Crippen LogP contribution in [0.2, 0.25) is 5.02 Å². The second-order valence-corrected chi connectivity index (χ2v) is 4.30. The van der Waals surface area contributed by atoms with Crippen molar-refractivity contribution in [3.63, 3.8) is 0 Å². The van der Waals surface area contributed by atoms with Gasteiger partial charge in [0, 0.05) is 13.2 Å². The maximum atomic E-state index is 12.9. The van der Waals surface area contributed by atoms with Gasteiger partial charge in [-0.1, -0.05) is 11.6 Å². The zero-order chi connectivity index (χ0) is 13.8. The van der Waals surface area contributed by atoms with Gasteiger partial charge in [-0.3, -0.25) is 0 Å². The van der Waals surface area contributed by atoms with Crippen LogP contribution in [0.15, 0.2) is 30.5 Å². The van der Waals surface area contributed by atoms with Crippen molar-refractivity contribution in [2.24, 2.45) is 0 Å². The fourth-order valence-corrected chi connectivity index (χ4v) is 1.75. The molecule has 2 rings (SSSR count). The third-order valence-corrected chi connectivity index (χ3v) is 2.81. The number of aromatic nitrogens is 2. The van der Waals surface area contributed by atoms with Gasteiger partial charge in [0.2, 0.25) is 5.95 Å². The van der Waals surface area contributed by atoms with Crippen molar-refractivity contribution < 1.29 is 9.13 Å². The number of nitrogens with zero attached hydrogens (tertiary/aromatic N) is 2. The van der Waals surface area contributed by atoms with Gasteiger partial charge >= 0.3 is 0 Å². The predicted octanol–water partition coefficient (Wildman–Crippen LogP) is 3.45. The molecule has 2 aromatic rings. The molecule has 1 heterocycles. The lowest BCUT2D eigenvalue weighted by Gasteiger charge is -2.15. The first-order valence-corrected chi connectivity index (χ1v) is 6.10. The molecule has 100 valence electrons. The molecule has 0 amide bonds. The first-order valence-electron chi connectivity index (χ1n) is 5.72. The maximum absolute atomic E-state index is 12.9. The topological polar surface area (TPSA) is 47.0 Å². The molecule has 0 radical (unpaired) electrons. The van der Waals surface area contributed by atoms with Gasteiger partial charge in [-0.2, -0.15) is 0 Å². The number of nitrogens with one attached hydrogen (secondary N) is 1. The number of hydrogen-bond donors (Lipinski definition) is 1. The SMILES string of the molecule is CNc1nccc(C(C)Oc2ccc(F)cc2Cl)n1. The highest BCUT2D eigenvalue weighted by atomic mass is 35.5. The molecule has 0 bridgehead atoms. The van der Waals surface area contributed by atoms with Crippen LogP contribution in [0.4, 0.5) is 10.3 Å². The molecule has 0 saturated heterocycles. The van der Waals surface area contributed by atoms with E-state index in [4.69, 9.17) is 16.3 Å². The Morgan fingerprint density at radius 1 is 1.37 bits per heavy atom. The maximum Gasteiger partial charge on any atom is 0.222 e. The van der Waals surface area contributed by atoms with E-state index in [0.29, 0.717) is 17.4 Å². The highest BCUT2D eigenvalue weighted by Gasteiger charge is 2.12. The van der Waals surface area contributed by atoms with Crippen molar-refractivity contribution >= 4 is 17.5 Å². The minimum atomic E-state index is -0.399. The van der Waals surface area contributed by atoms with Gasteiger partial charge in [0.05, 0.1) is 10.7 Å². The molecule has 1 unspecified atom stereocenters. The molecular formula is C13H13ClFN3O. The van der Waals surface area contributed by atoms with Gasteiger partial charge in [0.25, 0.3) is 0 Å². The summed E-state index contributed by atoms with van der Waals surface area (Å²) in [5.74, 6) is 0.530. The van der Waals surface area contributed by atoms with Crippen molar-refractivity contribution in [3.05, 3.63) is 47.0 Å². The second-order valence-electron chi connectivity index (χ2n) is 3.89. The van der Waals surface area contributed by atoms with E-state index in [9.17, 15) is 4.39 Å². The lowest BCUT2D eigenvalue weighted by atomic mass is 10.2. The normalized spacial score (nSPS) is 12.0. The van der Waals surface area contributed by atoms with Gasteiger partial charge in [-0.15, -0.1) is 0 Å². The molecule has 1 aromatic carbocycles. The van der Waals surface area contributed by atoms with E-state index in [1.54, 1.807) is 19.3 Å². The number of rotatable bonds is 4. The Labute approximate surface area is 115 Å². The van der Waals surface area contributed by atoms with Gasteiger partial charge in [-0.05, 0) is 31.2 Å². The third-order valence-electron chi connectivity index (χ3n) is 2.51. The first-order chi connectivity index (χ1) is 9.10. The minimum Gasteiger partial charge on any atom is -0.483 e. The van der Waals surface area contributed by atoms with Crippen molar-refractivity contribution in [2.75, 3.05) is 12.4 Å². The van der Waals surface area contributed by atoms with Gasteiger partial charge in [-0.25, -0.2) is 14.4 Å². The van der Waals surface area contributed by atoms with E-state index in [-0.39, 0.29) is 11.1 Å². The smallest absolute Gasteiger partial charge is 0.222 e. The number of benzene rings is 1. The standard InChI is InChI=1S/C13H13ClFN3O/c1-8(11-5-6-17-13(16-2)18-11)19-12-4-3-9(15)7-10(12)14/h3-8H,1-2H3,(H,16,17,18). The Kier molecular flexibility index (Phi) is 4.16. The predicted molar refractivity (Wildman–Crippen MR) is 72.0 cm³/mol. The van der Waals surface area contributed by atoms with E-state index < -0.39 is 5.82 Å².